The minimum Gasteiger partial charge on any atom is -0.489 e. The van der Waals surface area contributed by atoms with Gasteiger partial charge in [-0.05, 0) is 54.8 Å². The monoisotopic (exact) mass is 309 g/mol. The molecule has 0 fully saturated rings. The molecule has 0 unspecified atom stereocenters. The van der Waals surface area contributed by atoms with Crippen LogP contribution in [-0.4, -0.2) is 7.05 Å². The van der Waals surface area contributed by atoms with Crippen molar-refractivity contribution in [2.75, 3.05) is 12.4 Å². The molecular formula is C17H18F3NO. The number of halogens is 3. The highest BCUT2D eigenvalue weighted by Gasteiger charge is 2.30. The fourth-order valence-corrected chi connectivity index (χ4v) is 2.41. The molecule has 5 heteroatoms. The number of hydrogen-bond acceptors (Lipinski definition) is 2. The predicted octanol–water partition coefficient (Wildman–Crippen LogP) is 4.94. The maximum atomic E-state index is 12.7. The molecule has 0 atom stereocenters. The summed E-state index contributed by atoms with van der Waals surface area (Å²) >= 11 is 0. The second kappa shape index (κ2) is 6.30. The fraction of sp³-hybridized carbons (Fsp3) is 0.294. The summed E-state index contributed by atoms with van der Waals surface area (Å²) in [5.41, 5.74) is 2.92. The standard InChI is InChI=1S/C17H18F3NO/c1-11-7-15(8-12(2)16(11)21-3)22-10-13-5-4-6-14(9-13)17(18,19)20/h4-9,21H,10H2,1-3H3. The first kappa shape index (κ1) is 16.2. The van der Waals surface area contributed by atoms with E-state index in [0.29, 0.717) is 11.3 Å². The van der Waals surface area contributed by atoms with E-state index in [-0.39, 0.29) is 6.61 Å². The van der Waals surface area contributed by atoms with Crippen molar-refractivity contribution < 1.29 is 17.9 Å². The molecule has 0 aromatic heterocycles. The van der Waals surface area contributed by atoms with Gasteiger partial charge in [-0.2, -0.15) is 13.2 Å². The summed E-state index contributed by atoms with van der Waals surface area (Å²) in [7, 11) is 1.85. The van der Waals surface area contributed by atoms with Crippen LogP contribution in [0.25, 0.3) is 0 Å². The smallest absolute Gasteiger partial charge is 0.416 e. The van der Waals surface area contributed by atoms with Gasteiger partial charge in [-0.1, -0.05) is 12.1 Å². The second-order valence-corrected chi connectivity index (χ2v) is 5.17. The molecule has 1 N–H and O–H groups in total. The molecule has 22 heavy (non-hydrogen) atoms. The highest BCUT2D eigenvalue weighted by Crippen LogP contribution is 2.30. The first-order chi connectivity index (χ1) is 10.3. The van der Waals surface area contributed by atoms with Crippen LogP contribution in [-0.2, 0) is 12.8 Å². The molecule has 2 aromatic rings. The van der Waals surface area contributed by atoms with Crippen LogP contribution >= 0.6 is 0 Å². The zero-order chi connectivity index (χ0) is 16.3. The molecule has 118 valence electrons. The number of anilines is 1. The summed E-state index contributed by atoms with van der Waals surface area (Å²) in [6, 6.07) is 8.92. The van der Waals surface area contributed by atoms with Gasteiger partial charge in [0.05, 0.1) is 5.56 Å². The molecule has 0 radical (unpaired) electrons. The number of ether oxygens (including phenoxy) is 1. The number of nitrogens with one attached hydrogen (secondary N) is 1. The van der Waals surface area contributed by atoms with Gasteiger partial charge in [-0.3, -0.25) is 0 Å². The van der Waals surface area contributed by atoms with Gasteiger partial charge in [0.25, 0.3) is 0 Å². The molecule has 0 saturated heterocycles. The summed E-state index contributed by atoms with van der Waals surface area (Å²) < 4.78 is 43.6. The van der Waals surface area contributed by atoms with Gasteiger partial charge in [0.2, 0.25) is 0 Å². The number of alkyl halides is 3. The molecular weight excluding hydrogens is 291 g/mol. The van der Waals surface area contributed by atoms with Gasteiger partial charge in [0.15, 0.2) is 0 Å². The summed E-state index contributed by atoms with van der Waals surface area (Å²) in [5, 5.41) is 3.11. The van der Waals surface area contributed by atoms with Crippen molar-refractivity contribution in [3.05, 3.63) is 58.7 Å². The maximum Gasteiger partial charge on any atom is 0.416 e. The average Bonchev–Trinajstić information content (AvgIpc) is 2.44. The Hall–Kier alpha value is -2.17. The lowest BCUT2D eigenvalue weighted by molar-refractivity contribution is -0.137. The summed E-state index contributed by atoms with van der Waals surface area (Å²) in [4.78, 5) is 0. The quantitative estimate of drug-likeness (QED) is 0.863. The highest BCUT2D eigenvalue weighted by molar-refractivity contribution is 5.59. The Labute approximate surface area is 127 Å². The van der Waals surface area contributed by atoms with Crippen LogP contribution in [0.2, 0.25) is 0 Å². The minimum atomic E-state index is -4.34. The molecule has 0 aliphatic carbocycles. The van der Waals surface area contributed by atoms with Crippen LogP contribution in [0.4, 0.5) is 18.9 Å². The first-order valence-corrected chi connectivity index (χ1v) is 6.89. The topological polar surface area (TPSA) is 21.3 Å². The van der Waals surface area contributed by atoms with Crippen LogP contribution < -0.4 is 10.1 Å². The van der Waals surface area contributed by atoms with Crippen molar-refractivity contribution in [3.63, 3.8) is 0 Å². The zero-order valence-electron chi connectivity index (χ0n) is 12.7. The van der Waals surface area contributed by atoms with E-state index in [4.69, 9.17) is 4.74 Å². The van der Waals surface area contributed by atoms with Crippen LogP contribution in [0.3, 0.4) is 0 Å². The van der Waals surface area contributed by atoms with Crippen molar-refractivity contribution in [2.24, 2.45) is 0 Å². The Morgan fingerprint density at radius 1 is 1.05 bits per heavy atom. The lowest BCUT2D eigenvalue weighted by atomic mass is 10.1. The lowest BCUT2D eigenvalue weighted by Crippen LogP contribution is -2.06. The molecule has 0 spiro atoms. The number of rotatable bonds is 4. The molecule has 0 amide bonds. The summed E-state index contributed by atoms with van der Waals surface area (Å²) in [5.74, 6) is 0.645. The van der Waals surface area contributed by atoms with E-state index in [1.54, 1.807) is 6.07 Å². The van der Waals surface area contributed by atoms with E-state index < -0.39 is 11.7 Å². The number of hydrogen-bond donors (Lipinski definition) is 1. The van der Waals surface area contributed by atoms with E-state index in [1.807, 2.05) is 33.0 Å². The normalized spacial score (nSPS) is 11.4. The van der Waals surface area contributed by atoms with E-state index in [1.165, 1.54) is 6.07 Å². The first-order valence-electron chi connectivity index (χ1n) is 6.89. The predicted molar refractivity (Wildman–Crippen MR) is 81.2 cm³/mol. The Kier molecular flexibility index (Phi) is 4.64. The van der Waals surface area contributed by atoms with Gasteiger partial charge in [0, 0.05) is 12.7 Å². The van der Waals surface area contributed by atoms with Gasteiger partial charge in [0.1, 0.15) is 12.4 Å². The van der Waals surface area contributed by atoms with Crippen LogP contribution in [0.1, 0.15) is 22.3 Å². The third-order valence-electron chi connectivity index (χ3n) is 3.42. The Morgan fingerprint density at radius 2 is 1.68 bits per heavy atom. The number of aryl methyl sites for hydroxylation is 2. The van der Waals surface area contributed by atoms with Gasteiger partial charge in [-0.15, -0.1) is 0 Å². The van der Waals surface area contributed by atoms with Crippen LogP contribution in [0.5, 0.6) is 5.75 Å². The van der Waals surface area contributed by atoms with Crippen LogP contribution in [0.15, 0.2) is 36.4 Å². The van der Waals surface area contributed by atoms with Gasteiger partial charge in [-0.25, -0.2) is 0 Å². The summed E-state index contributed by atoms with van der Waals surface area (Å²) in [6.45, 7) is 4.01. The third-order valence-corrected chi connectivity index (χ3v) is 3.42. The molecule has 0 aliphatic rings. The second-order valence-electron chi connectivity index (χ2n) is 5.17. The highest BCUT2D eigenvalue weighted by atomic mass is 19.4. The van der Waals surface area contributed by atoms with Crippen molar-refractivity contribution in [1.29, 1.82) is 0 Å². The lowest BCUT2D eigenvalue weighted by Gasteiger charge is -2.14. The van der Waals surface area contributed by atoms with Crippen molar-refractivity contribution >= 4 is 5.69 Å². The van der Waals surface area contributed by atoms with Gasteiger partial charge >= 0.3 is 6.18 Å². The van der Waals surface area contributed by atoms with Gasteiger partial charge < -0.3 is 10.1 Å². The maximum absolute atomic E-state index is 12.7. The zero-order valence-corrected chi connectivity index (χ0v) is 12.7. The molecule has 0 aliphatic heterocycles. The minimum absolute atomic E-state index is 0.0989. The molecule has 0 saturated carbocycles. The number of benzene rings is 2. The fourth-order valence-electron chi connectivity index (χ4n) is 2.41. The Bertz CT molecular complexity index is 642. The summed E-state index contributed by atoms with van der Waals surface area (Å²) in [6.07, 6.45) is -4.34. The van der Waals surface area contributed by atoms with Crippen molar-refractivity contribution in [1.82, 2.24) is 0 Å². The molecule has 0 bridgehead atoms. The molecule has 2 nitrogen and oxygen atoms in total. The molecule has 2 rings (SSSR count). The Balaban J connectivity index is 2.14. The Morgan fingerprint density at radius 3 is 2.23 bits per heavy atom. The average molecular weight is 309 g/mol. The van der Waals surface area contributed by atoms with E-state index in [2.05, 4.69) is 5.32 Å². The largest absolute Gasteiger partial charge is 0.489 e. The SMILES string of the molecule is CNc1c(C)cc(OCc2cccc(C(F)(F)F)c2)cc1C. The van der Waals surface area contributed by atoms with E-state index in [9.17, 15) is 13.2 Å². The third kappa shape index (κ3) is 3.72. The molecule has 0 heterocycles. The van der Waals surface area contributed by atoms with Crippen molar-refractivity contribution in [3.8, 4) is 5.75 Å². The van der Waals surface area contributed by atoms with Crippen LogP contribution in [0, 0.1) is 13.8 Å². The van der Waals surface area contributed by atoms with Crippen molar-refractivity contribution in [2.45, 2.75) is 26.6 Å². The van der Waals surface area contributed by atoms with E-state index in [0.717, 1.165) is 28.9 Å². The molecule has 2 aromatic carbocycles. The van der Waals surface area contributed by atoms with E-state index >= 15 is 0 Å².